The van der Waals surface area contributed by atoms with Crippen molar-refractivity contribution >= 4 is 11.6 Å². The van der Waals surface area contributed by atoms with Crippen LogP contribution in [0.15, 0.2) is 78.9 Å². The predicted octanol–water partition coefficient (Wildman–Crippen LogP) is 5.53. The first-order valence-electron chi connectivity index (χ1n) is 7.72. The smallest absolute Gasteiger partial charge is 0.118 e. The van der Waals surface area contributed by atoms with Crippen molar-refractivity contribution in [3.05, 3.63) is 101 Å². The van der Waals surface area contributed by atoms with E-state index in [0.29, 0.717) is 0 Å². The van der Waals surface area contributed by atoms with E-state index >= 15 is 0 Å². The average Bonchev–Trinajstić information content (AvgIpc) is 2.65. The van der Waals surface area contributed by atoms with Gasteiger partial charge < -0.3 is 4.74 Å². The molecule has 3 rings (SSSR count). The molecule has 3 aromatic rings. The fourth-order valence-electron chi connectivity index (χ4n) is 2.49. The number of benzene rings is 3. The Morgan fingerprint density at radius 2 is 1.38 bits per heavy atom. The minimum Gasteiger partial charge on any atom is -0.497 e. The highest BCUT2D eigenvalue weighted by atomic mass is 35.5. The van der Waals surface area contributed by atoms with Gasteiger partial charge in [-0.25, -0.2) is 0 Å². The van der Waals surface area contributed by atoms with Gasteiger partial charge in [0.05, 0.1) is 13.0 Å². The highest BCUT2D eigenvalue weighted by Gasteiger charge is 2.11. The zero-order valence-corrected chi connectivity index (χ0v) is 14.1. The lowest BCUT2D eigenvalue weighted by Gasteiger charge is -2.12. The summed E-state index contributed by atoms with van der Waals surface area (Å²) in [4.78, 5) is 0. The third-order valence-electron chi connectivity index (χ3n) is 3.79. The standard InChI is InChI=1S/C22H17ClO/c1-24-21-14-10-19(11-15-21)22(18-8-12-20(23)13-9-18)16-7-17-5-3-2-4-6-17/h2-6,8-15,22H,1H3. The topological polar surface area (TPSA) is 9.23 Å². The average molecular weight is 333 g/mol. The van der Waals surface area contributed by atoms with Crippen LogP contribution in [0.3, 0.4) is 0 Å². The Labute approximate surface area is 147 Å². The largest absolute Gasteiger partial charge is 0.497 e. The number of rotatable bonds is 3. The second-order valence-corrected chi connectivity index (χ2v) is 5.83. The molecule has 0 radical (unpaired) electrons. The van der Waals surface area contributed by atoms with Gasteiger partial charge in [-0.15, -0.1) is 0 Å². The van der Waals surface area contributed by atoms with Crippen LogP contribution >= 0.6 is 11.6 Å². The van der Waals surface area contributed by atoms with Crippen molar-refractivity contribution in [2.75, 3.05) is 7.11 Å². The van der Waals surface area contributed by atoms with E-state index in [9.17, 15) is 0 Å². The molecule has 2 heteroatoms. The van der Waals surface area contributed by atoms with Gasteiger partial charge in [-0.3, -0.25) is 0 Å². The summed E-state index contributed by atoms with van der Waals surface area (Å²) in [6.07, 6.45) is 0. The molecular formula is C22H17ClO. The van der Waals surface area contributed by atoms with Crippen LogP contribution in [-0.2, 0) is 0 Å². The van der Waals surface area contributed by atoms with Crippen LogP contribution in [-0.4, -0.2) is 7.11 Å². The summed E-state index contributed by atoms with van der Waals surface area (Å²) in [5.74, 6) is 7.48. The number of halogens is 1. The lowest BCUT2D eigenvalue weighted by molar-refractivity contribution is 0.414. The van der Waals surface area contributed by atoms with E-state index in [2.05, 4.69) is 24.0 Å². The van der Waals surface area contributed by atoms with Gasteiger partial charge in [-0.2, -0.15) is 0 Å². The zero-order valence-electron chi connectivity index (χ0n) is 13.4. The van der Waals surface area contributed by atoms with E-state index in [-0.39, 0.29) is 5.92 Å². The molecule has 0 aliphatic rings. The molecular weight excluding hydrogens is 316 g/mol. The number of methoxy groups -OCH3 is 1. The molecule has 0 heterocycles. The van der Waals surface area contributed by atoms with E-state index < -0.39 is 0 Å². The zero-order chi connectivity index (χ0) is 16.8. The molecule has 0 aliphatic carbocycles. The van der Waals surface area contributed by atoms with Crippen molar-refractivity contribution in [1.29, 1.82) is 0 Å². The van der Waals surface area contributed by atoms with Crippen LogP contribution in [0.4, 0.5) is 0 Å². The van der Waals surface area contributed by atoms with E-state index in [1.54, 1.807) is 7.11 Å². The first kappa shape index (κ1) is 16.2. The normalized spacial score (nSPS) is 11.2. The van der Waals surface area contributed by atoms with Gasteiger partial charge in [-0.05, 0) is 47.5 Å². The van der Waals surface area contributed by atoms with E-state index in [1.807, 2.05) is 66.7 Å². The second kappa shape index (κ2) is 7.73. The minimum atomic E-state index is -0.0200. The Hall–Kier alpha value is -2.69. The molecule has 24 heavy (non-hydrogen) atoms. The molecule has 1 atom stereocenters. The molecule has 118 valence electrons. The van der Waals surface area contributed by atoms with Crippen molar-refractivity contribution < 1.29 is 4.74 Å². The van der Waals surface area contributed by atoms with Crippen LogP contribution in [0.25, 0.3) is 0 Å². The Balaban J connectivity index is 2.00. The maximum atomic E-state index is 6.02. The lowest BCUT2D eigenvalue weighted by Crippen LogP contribution is -1.98. The highest BCUT2D eigenvalue weighted by Crippen LogP contribution is 2.27. The number of ether oxygens (including phenoxy) is 1. The van der Waals surface area contributed by atoms with Crippen molar-refractivity contribution in [3.8, 4) is 17.6 Å². The Morgan fingerprint density at radius 1 is 0.792 bits per heavy atom. The third kappa shape index (κ3) is 3.98. The fraction of sp³-hybridized carbons (Fsp3) is 0.0909. The SMILES string of the molecule is COc1ccc(C(C#Cc2ccccc2)c2ccc(Cl)cc2)cc1. The van der Waals surface area contributed by atoms with Gasteiger partial charge in [0, 0.05) is 10.6 Å². The highest BCUT2D eigenvalue weighted by molar-refractivity contribution is 6.30. The molecule has 0 N–H and O–H groups in total. The molecule has 3 aromatic carbocycles. The van der Waals surface area contributed by atoms with Gasteiger partial charge >= 0.3 is 0 Å². The molecule has 1 unspecified atom stereocenters. The fourth-order valence-corrected chi connectivity index (χ4v) is 2.61. The minimum absolute atomic E-state index is 0.0200. The van der Waals surface area contributed by atoms with Gasteiger partial charge in [0.25, 0.3) is 0 Å². The van der Waals surface area contributed by atoms with E-state index in [0.717, 1.165) is 27.5 Å². The molecule has 0 spiro atoms. The van der Waals surface area contributed by atoms with Crippen LogP contribution < -0.4 is 4.74 Å². The van der Waals surface area contributed by atoms with Crippen molar-refractivity contribution in [1.82, 2.24) is 0 Å². The summed E-state index contributed by atoms with van der Waals surface area (Å²) in [7, 11) is 1.67. The maximum Gasteiger partial charge on any atom is 0.118 e. The summed E-state index contributed by atoms with van der Waals surface area (Å²) in [6.45, 7) is 0. The van der Waals surface area contributed by atoms with Crippen molar-refractivity contribution in [2.45, 2.75) is 5.92 Å². The van der Waals surface area contributed by atoms with Crippen molar-refractivity contribution in [3.63, 3.8) is 0 Å². The summed E-state index contributed by atoms with van der Waals surface area (Å²) >= 11 is 6.02. The quantitative estimate of drug-likeness (QED) is 0.573. The second-order valence-electron chi connectivity index (χ2n) is 5.39. The molecule has 0 aliphatic heterocycles. The predicted molar refractivity (Wildman–Crippen MR) is 99.6 cm³/mol. The summed E-state index contributed by atoms with van der Waals surface area (Å²) in [5.41, 5.74) is 3.25. The van der Waals surface area contributed by atoms with Gasteiger partial charge in [-0.1, -0.05) is 65.9 Å². The molecule has 1 nitrogen and oxygen atoms in total. The summed E-state index contributed by atoms with van der Waals surface area (Å²) in [5, 5.41) is 0.725. The van der Waals surface area contributed by atoms with Crippen molar-refractivity contribution in [2.24, 2.45) is 0 Å². The van der Waals surface area contributed by atoms with Gasteiger partial charge in [0.2, 0.25) is 0 Å². The molecule has 0 aromatic heterocycles. The molecule has 0 amide bonds. The number of hydrogen-bond acceptors (Lipinski definition) is 1. The monoisotopic (exact) mass is 332 g/mol. The molecule has 0 fully saturated rings. The molecule has 0 saturated heterocycles. The lowest BCUT2D eigenvalue weighted by atomic mass is 9.91. The van der Waals surface area contributed by atoms with Crippen LogP contribution in [0.1, 0.15) is 22.6 Å². The number of hydrogen-bond donors (Lipinski definition) is 0. The molecule has 0 saturated carbocycles. The van der Waals surface area contributed by atoms with Gasteiger partial charge in [0.1, 0.15) is 5.75 Å². The van der Waals surface area contributed by atoms with E-state index in [1.165, 1.54) is 0 Å². The Kier molecular flexibility index (Phi) is 5.21. The first-order valence-corrected chi connectivity index (χ1v) is 8.10. The van der Waals surface area contributed by atoms with Gasteiger partial charge in [0.15, 0.2) is 0 Å². The Morgan fingerprint density at radius 3 is 1.96 bits per heavy atom. The van der Waals surface area contributed by atoms with Crippen LogP contribution in [0, 0.1) is 11.8 Å². The summed E-state index contributed by atoms with van der Waals surface area (Å²) in [6, 6.07) is 25.9. The van der Waals surface area contributed by atoms with E-state index in [4.69, 9.17) is 16.3 Å². The Bertz CT molecular complexity index is 840. The summed E-state index contributed by atoms with van der Waals surface area (Å²) < 4.78 is 5.25. The maximum absolute atomic E-state index is 6.02. The first-order chi connectivity index (χ1) is 11.8. The molecule has 0 bridgehead atoms. The van der Waals surface area contributed by atoms with Crippen LogP contribution in [0.2, 0.25) is 5.02 Å². The third-order valence-corrected chi connectivity index (χ3v) is 4.04. The van der Waals surface area contributed by atoms with Crippen LogP contribution in [0.5, 0.6) is 5.75 Å².